The Morgan fingerprint density at radius 1 is 1.36 bits per heavy atom. The van der Waals surface area contributed by atoms with Crippen molar-refractivity contribution in [3.05, 3.63) is 45.6 Å². The Bertz CT molecular complexity index is 828. The monoisotopic (exact) mass is 410 g/mol. The zero-order valence-corrected chi connectivity index (χ0v) is 17.0. The summed E-state index contributed by atoms with van der Waals surface area (Å²) in [5.41, 5.74) is 2.09. The van der Waals surface area contributed by atoms with Crippen LogP contribution in [0.25, 0.3) is 0 Å². The van der Waals surface area contributed by atoms with Gasteiger partial charge in [0.2, 0.25) is 5.91 Å². The van der Waals surface area contributed by atoms with Crippen LogP contribution in [0.15, 0.2) is 29.6 Å². The van der Waals surface area contributed by atoms with Crippen LogP contribution in [0.4, 0.5) is 8.78 Å². The number of methoxy groups -OCH3 is 1. The molecule has 28 heavy (non-hydrogen) atoms. The zero-order chi connectivity index (χ0) is 20.3. The van der Waals surface area contributed by atoms with Crippen LogP contribution in [-0.4, -0.2) is 49.6 Å². The molecule has 0 unspecified atom stereocenters. The Morgan fingerprint density at radius 3 is 2.86 bits per heavy atom. The number of carbonyl (C=O) groups excluding carboxylic acids is 1. The number of likely N-dealkylation sites (N-methyl/N-ethyl adjacent to an activating group) is 1. The lowest BCUT2D eigenvalue weighted by Gasteiger charge is -2.34. The van der Waals surface area contributed by atoms with E-state index in [4.69, 9.17) is 4.74 Å². The smallest absolute Gasteiger partial charge is 0.387 e. The van der Waals surface area contributed by atoms with Crippen molar-refractivity contribution >= 4 is 17.2 Å². The fourth-order valence-corrected chi connectivity index (χ4v) is 4.40. The van der Waals surface area contributed by atoms with Gasteiger partial charge in [0.05, 0.1) is 13.7 Å². The maximum Gasteiger partial charge on any atom is 0.387 e. The van der Waals surface area contributed by atoms with E-state index >= 15 is 0 Å². The van der Waals surface area contributed by atoms with Gasteiger partial charge in [0.1, 0.15) is 0 Å². The molecule has 0 bridgehead atoms. The van der Waals surface area contributed by atoms with Gasteiger partial charge in [-0.25, -0.2) is 0 Å². The number of hydrogen-bond acceptors (Lipinski definition) is 5. The molecular formula is C20H24F2N2O3S. The lowest BCUT2D eigenvalue weighted by Crippen LogP contribution is -2.41. The highest BCUT2D eigenvalue weighted by Crippen LogP contribution is 2.33. The van der Waals surface area contributed by atoms with Crippen LogP contribution in [0.3, 0.4) is 0 Å². The summed E-state index contributed by atoms with van der Waals surface area (Å²) in [6.07, 6.45) is 0.969. The van der Waals surface area contributed by atoms with E-state index < -0.39 is 6.61 Å². The van der Waals surface area contributed by atoms with Gasteiger partial charge >= 0.3 is 6.61 Å². The first-order chi connectivity index (χ1) is 13.4. The molecular weight excluding hydrogens is 386 g/mol. The topological polar surface area (TPSA) is 42.0 Å². The van der Waals surface area contributed by atoms with Crippen molar-refractivity contribution < 1.29 is 23.0 Å². The summed E-state index contributed by atoms with van der Waals surface area (Å²) >= 11 is 1.78. The Hall–Kier alpha value is -2.19. The number of amides is 1. The molecule has 0 spiro atoms. The maximum absolute atomic E-state index is 12.7. The minimum absolute atomic E-state index is 0.0115. The van der Waals surface area contributed by atoms with Gasteiger partial charge in [-0.05, 0) is 48.1 Å². The molecule has 1 aromatic carbocycles. The Balaban J connectivity index is 1.61. The van der Waals surface area contributed by atoms with Crippen LogP contribution in [0.5, 0.6) is 11.5 Å². The number of alkyl halides is 2. The molecule has 0 saturated heterocycles. The molecule has 8 heteroatoms. The van der Waals surface area contributed by atoms with Crippen molar-refractivity contribution in [2.24, 2.45) is 0 Å². The number of benzene rings is 1. The lowest BCUT2D eigenvalue weighted by molar-refractivity contribution is -0.132. The summed E-state index contributed by atoms with van der Waals surface area (Å²) in [4.78, 5) is 17.9. The number of nitrogens with zero attached hydrogens (tertiary/aromatic N) is 2. The Labute approximate surface area is 167 Å². The van der Waals surface area contributed by atoms with Crippen molar-refractivity contribution in [1.82, 2.24) is 9.80 Å². The van der Waals surface area contributed by atoms with Crippen molar-refractivity contribution in [3.63, 3.8) is 0 Å². The molecule has 152 valence electrons. The SMILES string of the molecule is COc1cc(CN(C)C(=O)CN2CCc3sccc3[C@H]2C)ccc1OC(F)F. The van der Waals surface area contributed by atoms with Gasteiger partial charge in [-0.1, -0.05) is 6.07 Å². The van der Waals surface area contributed by atoms with E-state index in [1.54, 1.807) is 35.4 Å². The molecule has 2 aromatic rings. The number of thiophene rings is 1. The first-order valence-corrected chi connectivity index (χ1v) is 9.93. The lowest BCUT2D eigenvalue weighted by atomic mass is 10.0. The molecule has 1 aromatic heterocycles. The van der Waals surface area contributed by atoms with Crippen molar-refractivity contribution in [3.8, 4) is 11.5 Å². The van der Waals surface area contributed by atoms with Gasteiger partial charge in [-0.3, -0.25) is 9.69 Å². The molecule has 0 fully saturated rings. The van der Waals surface area contributed by atoms with Gasteiger partial charge in [-0.2, -0.15) is 8.78 Å². The van der Waals surface area contributed by atoms with Crippen LogP contribution >= 0.6 is 11.3 Å². The molecule has 5 nitrogen and oxygen atoms in total. The minimum atomic E-state index is -2.92. The molecule has 0 radical (unpaired) electrons. The summed E-state index contributed by atoms with van der Waals surface area (Å²) in [7, 11) is 3.13. The van der Waals surface area contributed by atoms with E-state index in [1.165, 1.54) is 23.6 Å². The number of rotatable bonds is 7. The second kappa shape index (κ2) is 8.87. The molecule has 1 atom stereocenters. The van der Waals surface area contributed by atoms with Crippen molar-refractivity contribution in [1.29, 1.82) is 0 Å². The quantitative estimate of drug-likeness (QED) is 0.694. The predicted octanol–water partition coefficient (Wildman–Crippen LogP) is 3.94. The molecule has 0 N–H and O–H groups in total. The van der Waals surface area contributed by atoms with Crippen LogP contribution in [0.1, 0.15) is 29.0 Å². The summed E-state index contributed by atoms with van der Waals surface area (Å²) in [6.45, 7) is 0.776. The van der Waals surface area contributed by atoms with E-state index in [2.05, 4.69) is 28.0 Å². The summed E-state index contributed by atoms with van der Waals surface area (Å²) in [5, 5.41) is 2.10. The summed E-state index contributed by atoms with van der Waals surface area (Å²) in [5.74, 6) is 0.203. The van der Waals surface area contributed by atoms with E-state index in [0.29, 0.717) is 13.1 Å². The Morgan fingerprint density at radius 2 is 2.14 bits per heavy atom. The summed E-state index contributed by atoms with van der Waals surface area (Å²) < 4.78 is 34.4. The van der Waals surface area contributed by atoms with Crippen LogP contribution in [-0.2, 0) is 17.8 Å². The molecule has 1 aliphatic rings. The first kappa shape index (κ1) is 20.5. The van der Waals surface area contributed by atoms with E-state index in [-0.39, 0.29) is 23.4 Å². The van der Waals surface area contributed by atoms with E-state index in [9.17, 15) is 13.6 Å². The van der Waals surface area contributed by atoms with Gasteiger partial charge < -0.3 is 14.4 Å². The molecule has 0 aliphatic carbocycles. The fraction of sp³-hybridized carbons (Fsp3) is 0.450. The number of ether oxygens (including phenoxy) is 2. The van der Waals surface area contributed by atoms with Gasteiger partial charge in [0, 0.05) is 31.1 Å². The fourth-order valence-electron chi connectivity index (χ4n) is 3.44. The molecule has 1 aliphatic heterocycles. The third kappa shape index (κ3) is 4.62. The Kier molecular flexibility index (Phi) is 6.51. The standard InChI is InChI=1S/C20H24F2N2O3S/c1-13-15-7-9-28-18(15)6-8-24(13)12-19(25)23(2)11-14-4-5-16(27-20(21)22)17(10-14)26-3/h4-5,7,9-10,13,20H,6,8,11-12H2,1-3H3/t13-/m1/s1. The second-order valence-corrected chi connectivity index (χ2v) is 7.81. The maximum atomic E-state index is 12.7. The van der Waals surface area contributed by atoms with E-state index in [1.807, 2.05) is 0 Å². The number of halogens is 2. The highest BCUT2D eigenvalue weighted by atomic mass is 32.1. The summed E-state index contributed by atoms with van der Waals surface area (Å²) in [6, 6.07) is 7.07. The third-order valence-corrected chi connectivity index (χ3v) is 6.03. The van der Waals surface area contributed by atoms with Gasteiger partial charge in [0.25, 0.3) is 0 Å². The number of fused-ring (bicyclic) bond motifs is 1. The van der Waals surface area contributed by atoms with Crippen molar-refractivity contribution in [2.45, 2.75) is 32.5 Å². The van der Waals surface area contributed by atoms with Crippen LogP contribution in [0, 0.1) is 0 Å². The normalized spacial score (nSPS) is 16.7. The zero-order valence-electron chi connectivity index (χ0n) is 16.2. The number of carbonyl (C=O) groups is 1. The van der Waals surface area contributed by atoms with Crippen LogP contribution in [0.2, 0.25) is 0 Å². The second-order valence-electron chi connectivity index (χ2n) is 6.81. The molecule has 3 rings (SSSR count). The average molecular weight is 410 g/mol. The van der Waals surface area contributed by atoms with Gasteiger partial charge in [0.15, 0.2) is 11.5 Å². The third-order valence-electron chi connectivity index (χ3n) is 5.03. The minimum Gasteiger partial charge on any atom is -0.493 e. The highest BCUT2D eigenvalue weighted by Gasteiger charge is 2.27. The molecule has 0 saturated carbocycles. The largest absolute Gasteiger partial charge is 0.493 e. The average Bonchev–Trinajstić information content (AvgIpc) is 3.14. The van der Waals surface area contributed by atoms with E-state index in [0.717, 1.165) is 18.5 Å². The van der Waals surface area contributed by atoms with Crippen LogP contribution < -0.4 is 9.47 Å². The molecule has 2 heterocycles. The predicted molar refractivity (Wildman–Crippen MR) is 104 cm³/mol. The molecule has 1 amide bonds. The first-order valence-electron chi connectivity index (χ1n) is 9.05. The van der Waals surface area contributed by atoms with Gasteiger partial charge in [-0.15, -0.1) is 11.3 Å². The van der Waals surface area contributed by atoms with Crippen molar-refractivity contribution in [2.75, 3.05) is 27.2 Å². The highest BCUT2D eigenvalue weighted by molar-refractivity contribution is 7.10. The number of hydrogen-bond donors (Lipinski definition) is 0.